The van der Waals surface area contributed by atoms with E-state index < -0.39 is 0 Å². The van der Waals surface area contributed by atoms with Crippen LogP contribution in [-0.4, -0.2) is 29.4 Å². The number of carbonyl (C=O) groups excluding carboxylic acids is 1. The highest BCUT2D eigenvalue weighted by Crippen LogP contribution is 2.37. The van der Waals surface area contributed by atoms with Gasteiger partial charge in [-0.1, -0.05) is 5.16 Å². The van der Waals surface area contributed by atoms with Gasteiger partial charge in [0.1, 0.15) is 5.82 Å². The summed E-state index contributed by atoms with van der Waals surface area (Å²) in [5.41, 5.74) is 2.13. The molecule has 3 heterocycles. The normalized spacial score (nSPS) is 18.1. The number of carbonyl (C=O) groups is 1. The predicted octanol–water partition coefficient (Wildman–Crippen LogP) is 3.43. The van der Waals surface area contributed by atoms with Crippen LogP contribution in [0.3, 0.4) is 0 Å². The van der Waals surface area contributed by atoms with Crippen LogP contribution in [0.15, 0.2) is 40.9 Å². The first-order valence-electron chi connectivity index (χ1n) is 8.88. The number of benzene rings is 2. The van der Waals surface area contributed by atoms with Crippen molar-refractivity contribution in [3.8, 4) is 23.0 Å². The number of ether oxygens (including phenoxy) is 2. The molecule has 0 radical (unpaired) electrons. The maximum Gasteiger partial charge on any atom is 0.258 e. The van der Waals surface area contributed by atoms with Crippen LogP contribution in [0, 0.1) is 12.7 Å². The minimum Gasteiger partial charge on any atom is -0.454 e. The number of halogens is 1. The van der Waals surface area contributed by atoms with Crippen molar-refractivity contribution in [3.63, 3.8) is 0 Å². The van der Waals surface area contributed by atoms with Crippen molar-refractivity contribution in [1.82, 2.24) is 10.1 Å². The molecule has 8 heteroatoms. The van der Waals surface area contributed by atoms with Gasteiger partial charge in [0, 0.05) is 30.1 Å². The Morgan fingerprint density at radius 3 is 2.86 bits per heavy atom. The van der Waals surface area contributed by atoms with E-state index in [2.05, 4.69) is 10.1 Å². The number of rotatable bonds is 3. The van der Waals surface area contributed by atoms with Crippen LogP contribution in [0.25, 0.3) is 11.5 Å². The van der Waals surface area contributed by atoms with E-state index in [1.54, 1.807) is 30.0 Å². The molecule has 5 rings (SSSR count). The third-order valence-corrected chi connectivity index (χ3v) is 5.00. The van der Waals surface area contributed by atoms with Gasteiger partial charge in [0.25, 0.3) is 5.89 Å². The number of hydrogen-bond donors (Lipinski definition) is 0. The van der Waals surface area contributed by atoms with Gasteiger partial charge in [0.2, 0.25) is 12.7 Å². The van der Waals surface area contributed by atoms with Crippen molar-refractivity contribution in [3.05, 3.63) is 53.6 Å². The summed E-state index contributed by atoms with van der Waals surface area (Å²) >= 11 is 0. The molecule has 1 unspecified atom stereocenters. The molecule has 28 heavy (non-hydrogen) atoms. The summed E-state index contributed by atoms with van der Waals surface area (Å²) in [5, 5.41) is 4.07. The second-order valence-corrected chi connectivity index (χ2v) is 6.86. The first kappa shape index (κ1) is 16.7. The zero-order chi connectivity index (χ0) is 19.3. The van der Waals surface area contributed by atoms with E-state index in [1.165, 1.54) is 12.1 Å². The SMILES string of the molecule is Cc1cc(F)ccc1N1CC(c2noc(-c3ccc4c(c3)OCO4)n2)CC1=O. The molecule has 2 aliphatic heterocycles. The average Bonchev–Trinajstić information content (AvgIpc) is 3.40. The van der Waals surface area contributed by atoms with Crippen molar-refractivity contribution in [2.45, 2.75) is 19.3 Å². The second kappa shape index (κ2) is 6.33. The van der Waals surface area contributed by atoms with Gasteiger partial charge in [-0.05, 0) is 48.9 Å². The van der Waals surface area contributed by atoms with E-state index in [-0.39, 0.29) is 30.9 Å². The van der Waals surface area contributed by atoms with Gasteiger partial charge < -0.3 is 18.9 Å². The molecule has 2 aromatic carbocycles. The van der Waals surface area contributed by atoms with Crippen LogP contribution >= 0.6 is 0 Å². The molecule has 1 saturated heterocycles. The molecule has 2 aliphatic rings. The molecule has 1 amide bonds. The zero-order valence-electron chi connectivity index (χ0n) is 15.0. The average molecular weight is 381 g/mol. The monoisotopic (exact) mass is 381 g/mol. The Balaban J connectivity index is 1.38. The summed E-state index contributed by atoms with van der Waals surface area (Å²) in [4.78, 5) is 18.6. The minimum absolute atomic E-state index is 0.0471. The van der Waals surface area contributed by atoms with E-state index in [1.807, 2.05) is 6.07 Å². The molecule has 7 nitrogen and oxygen atoms in total. The van der Waals surface area contributed by atoms with E-state index in [0.717, 1.165) is 5.56 Å². The van der Waals surface area contributed by atoms with Gasteiger partial charge in [0.15, 0.2) is 17.3 Å². The quantitative estimate of drug-likeness (QED) is 0.692. The fourth-order valence-electron chi connectivity index (χ4n) is 3.58. The Morgan fingerprint density at radius 1 is 1.14 bits per heavy atom. The lowest BCUT2D eigenvalue weighted by atomic mass is 10.1. The van der Waals surface area contributed by atoms with Gasteiger partial charge in [-0.15, -0.1) is 0 Å². The Morgan fingerprint density at radius 2 is 2.00 bits per heavy atom. The highest BCUT2D eigenvalue weighted by Gasteiger charge is 2.35. The number of amides is 1. The Labute approximate surface area is 159 Å². The standard InChI is InChI=1S/C20H16FN3O4/c1-11-6-14(21)3-4-15(11)24-9-13(8-18(24)25)19-22-20(28-23-19)12-2-5-16-17(7-12)27-10-26-16/h2-7,13H,8-10H2,1H3. The number of anilines is 1. The summed E-state index contributed by atoms with van der Waals surface area (Å²) in [6, 6.07) is 9.79. The fourth-order valence-corrected chi connectivity index (χ4v) is 3.58. The van der Waals surface area contributed by atoms with Crippen molar-refractivity contribution in [2.24, 2.45) is 0 Å². The van der Waals surface area contributed by atoms with Crippen LogP contribution < -0.4 is 14.4 Å². The van der Waals surface area contributed by atoms with E-state index in [4.69, 9.17) is 14.0 Å². The molecule has 0 aliphatic carbocycles. The molecular formula is C20H16FN3O4. The highest BCUT2D eigenvalue weighted by atomic mass is 19.1. The number of nitrogens with zero attached hydrogens (tertiary/aromatic N) is 3. The molecule has 0 spiro atoms. The largest absolute Gasteiger partial charge is 0.454 e. The lowest BCUT2D eigenvalue weighted by molar-refractivity contribution is -0.117. The molecule has 0 N–H and O–H groups in total. The van der Waals surface area contributed by atoms with Gasteiger partial charge in [-0.3, -0.25) is 4.79 Å². The second-order valence-electron chi connectivity index (χ2n) is 6.86. The molecule has 142 valence electrons. The highest BCUT2D eigenvalue weighted by molar-refractivity contribution is 5.97. The van der Waals surface area contributed by atoms with Crippen molar-refractivity contribution < 1.29 is 23.2 Å². The van der Waals surface area contributed by atoms with E-state index in [0.29, 0.717) is 41.0 Å². The summed E-state index contributed by atoms with van der Waals surface area (Å²) in [6.45, 7) is 2.40. The van der Waals surface area contributed by atoms with Gasteiger partial charge in [-0.25, -0.2) is 4.39 Å². The van der Waals surface area contributed by atoms with E-state index >= 15 is 0 Å². The number of aromatic nitrogens is 2. The summed E-state index contributed by atoms with van der Waals surface area (Å²) in [6.07, 6.45) is 0.275. The van der Waals surface area contributed by atoms with Crippen molar-refractivity contribution >= 4 is 11.6 Å². The molecule has 1 aromatic heterocycles. The molecule has 3 aromatic rings. The third kappa shape index (κ3) is 2.77. The number of hydrogen-bond acceptors (Lipinski definition) is 6. The Kier molecular flexibility index (Phi) is 3.78. The molecule has 1 fully saturated rings. The van der Waals surface area contributed by atoms with E-state index in [9.17, 15) is 9.18 Å². The van der Waals surface area contributed by atoms with Gasteiger partial charge >= 0.3 is 0 Å². The minimum atomic E-state index is -0.323. The maximum atomic E-state index is 13.4. The molecule has 0 saturated carbocycles. The number of aryl methyl sites for hydroxylation is 1. The van der Waals surface area contributed by atoms with Crippen LogP contribution in [0.1, 0.15) is 23.7 Å². The molecular weight excluding hydrogens is 365 g/mol. The number of fused-ring (bicyclic) bond motifs is 1. The Bertz CT molecular complexity index is 1080. The van der Waals surface area contributed by atoms with Gasteiger partial charge in [0.05, 0.1) is 0 Å². The topological polar surface area (TPSA) is 77.7 Å². The van der Waals surface area contributed by atoms with Crippen LogP contribution in [0.5, 0.6) is 11.5 Å². The smallest absolute Gasteiger partial charge is 0.258 e. The van der Waals surface area contributed by atoms with Crippen LogP contribution in [0.4, 0.5) is 10.1 Å². The van der Waals surface area contributed by atoms with Crippen molar-refractivity contribution in [1.29, 1.82) is 0 Å². The lowest BCUT2D eigenvalue weighted by Crippen LogP contribution is -2.25. The predicted molar refractivity (Wildman–Crippen MR) is 96.7 cm³/mol. The van der Waals surface area contributed by atoms with Gasteiger partial charge in [-0.2, -0.15) is 4.98 Å². The summed E-state index contributed by atoms with van der Waals surface area (Å²) < 4.78 is 29.4. The van der Waals surface area contributed by atoms with Crippen LogP contribution in [0.2, 0.25) is 0 Å². The Hall–Kier alpha value is -3.42. The first-order valence-corrected chi connectivity index (χ1v) is 8.88. The molecule has 0 bridgehead atoms. The third-order valence-electron chi connectivity index (χ3n) is 5.00. The maximum absolute atomic E-state index is 13.4. The summed E-state index contributed by atoms with van der Waals surface area (Å²) in [5.74, 6) is 1.58. The lowest BCUT2D eigenvalue weighted by Gasteiger charge is -2.18. The first-order chi connectivity index (χ1) is 13.6. The van der Waals surface area contributed by atoms with Crippen molar-refractivity contribution in [2.75, 3.05) is 18.2 Å². The fraction of sp³-hybridized carbons (Fsp3) is 0.250. The molecule has 1 atom stereocenters. The zero-order valence-corrected chi connectivity index (χ0v) is 15.0. The van der Waals surface area contributed by atoms with Crippen LogP contribution in [-0.2, 0) is 4.79 Å². The summed E-state index contributed by atoms with van der Waals surface area (Å²) in [7, 11) is 0.